The molecule has 0 bridgehead atoms. The lowest BCUT2D eigenvalue weighted by atomic mass is 9.61. The molecule has 3 heteroatoms. The molecule has 2 aliphatic rings. The summed E-state index contributed by atoms with van der Waals surface area (Å²) in [5.74, 6) is 0. The van der Waals surface area contributed by atoms with Crippen molar-refractivity contribution in [3.05, 3.63) is 0 Å². The van der Waals surface area contributed by atoms with Crippen molar-refractivity contribution in [1.29, 1.82) is 0 Å². The fourth-order valence-electron chi connectivity index (χ4n) is 3.24. The summed E-state index contributed by atoms with van der Waals surface area (Å²) in [7, 11) is 0. The Bertz CT molecular complexity index is 203. The summed E-state index contributed by atoms with van der Waals surface area (Å²) in [5.41, 5.74) is -0.921. The van der Waals surface area contributed by atoms with Gasteiger partial charge in [0.05, 0.1) is 12.2 Å². The van der Waals surface area contributed by atoms with Crippen molar-refractivity contribution in [3.8, 4) is 0 Å². The second-order valence-electron chi connectivity index (χ2n) is 5.14. The van der Waals surface area contributed by atoms with Crippen LogP contribution in [0.25, 0.3) is 0 Å². The average Bonchev–Trinajstić information content (AvgIpc) is 2.31. The third-order valence-electron chi connectivity index (χ3n) is 4.42. The highest BCUT2D eigenvalue weighted by Gasteiger charge is 2.50. The van der Waals surface area contributed by atoms with E-state index in [-0.39, 0.29) is 12.0 Å². The van der Waals surface area contributed by atoms with Gasteiger partial charge in [-0.25, -0.2) is 0 Å². The van der Waals surface area contributed by atoms with Crippen LogP contribution in [0, 0.1) is 5.41 Å². The maximum absolute atomic E-state index is 10.7. The smallest absolute Gasteiger partial charge is 0.0769 e. The van der Waals surface area contributed by atoms with Crippen LogP contribution < -0.4 is 0 Å². The van der Waals surface area contributed by atoms with Crippen LogP contribution in [0.2, 0.25) is 0 Å². The van der Waals surface area contributed by atoms with E-state index >= 15 is 0 Å². The molecule has 3 nitrogen and oxygen atoms in total. The van der Waals surface area contributed by atoms with E-state index in [0.29, 0.717) is 26.1 Å². The largest absolute Gasteiger partial charge is 0.396 e. The molecule has 88 valence electrons. The van der Waals surface area contributed by atoms with Gasteiger partial charge in [-0.15, -0.1) is 0 Å². The van der Waals surface area contributed by atoms with Crippen molar-refractivity contribution in [2.75, 3.05) is 19.8 Å². The minimum Gasteiger partial charge on any atom is -0.396 e. The normalized spacial score (nSPS) is 30.0. The van der Waals surface area contributed by atoms with Crippen LogP contribution in [0.1, 0.15) is 44.9 Å². The summed E-state index contributed by atoms with van der Waals surface area (Å²) >= 11 is 0. The second kappa shape index (κ2) is 4.40. The first-order valence-electron chi connectivity index (χ1n) is 6.13. The van der Waals surface area contributed by atoms with Gasteiger partial charge in [-0.2, -0.15) is 0 Å². The third-order valence-corrected chi connectivity index (χ3v) is 4.42. The molecule has 0 aromatic rings. The number of hydrogen-bond acceptors (Lipinski definition) is 3. The molecule has 0 atom stereocenters. The molecule has 2 N–H and O–H groups in total. The second-order valence-corrected chi connectivity index (χ2v) is 5.14. The molecular formula is C12H22O3. The minimum atomic E-state index is -0.680. The number of rotatable bonds is 2. The summed E-state index contributed by atoms with van der Waals surface area (Å²) in [5, 5.41) is 20.4. The Labute approximate surface area is 91.4 Å². The van der Waals surface area contributed by atoms with Gasteiger partial charge in [0.1, 0.15) is 0 Å². The van der Waals surface area contributed by atoms with E-state index in [0.717, 1.165) is 25.7 Å². The molecule has 15 heavy (non-hydrogen) atoms. The predicted octanol–water partition coefficient (Wildman–Crippen LogP) is 1.47. The van der Waals surface area contributed by atoms with Gasteiger partial charge in [0.2, 0.25) is 0 Å². The van der Waals surface area contributed by atoms with E-state index in [1.54, 1.807) is 0 Å². The van der Waals surface area contributed by atoms with Crippen LogP contribution in [-0.4, -0.2) is 35.6 Å². The summed E-state index contributed by atoms with van der Waals surface area (Å²) < 4.78 is 5.30. The topological polar surface area (TPSA) is 49.7 Å². The molecular weight excluding hydrogens is 192 g/mol. The molecule has 1 aliphatic heterocycles. The van der Waals surface area contributed by atoms with Crippen molar-refractivity contribution in [2.24, 2.45) is 5.41 Å². The van der Waals surface area contributed by atoms with Crippen molar-refractivity contribution in [2.45, 2.75) is 50.5 Å². The van der Waals surface area contributed by atoms with Crippen molar-refractivity contribution in [1.82, 2.24) is 0 Å². The van der Waals surface area contributed by atoms with E-state index < -0.39 is 5.60 Å². The number of hydrogen-bond donors (Lipinski definition) is 2. The fraction of sp³-hybridized carbons (Fsp3) is 1.00. The lowest BCUT2D eigenvalue weighted by molar-refractivity contribution is -0.171. The van der Waals surface area contributed by atoms with Crippen LogP contribution in [0.15, 0.2) is 0 Å². The average molecular weight is 214 g/mol. The predicted molar refractivity (Wildman–Crippen MR) is 57.6 cm³/mol. The van der Waals surface area contributed by atoms with Gasteiger partial charge in [-0.1, -0.05) is 19.3 Å². The first kappa shape index (κ1) is 11.4. The summed E-state index contributed by atoms with van der Waals surface area (Å²) in [4.78, 5) is 0. The first-order chi connectivity index (χ1) is 7.22. The molecule has 0 aromatic heterocycles. The highest BCUT2D eigenvalue weighted by atomic mass is 16.5. The number of aliphatic hydroxyl groups excluding tert-OH is 1. The number of aliphatic hydroxyl groups is 2. The molecule has 0 unspecified atom stereocenters. The molecule has 1 aliphatic carbocycles. The Kier molecular flexibility index (Phi) is 3.33. The van der Waals surface area contributed by atoms with Crippen LogP contribution in [0.5, 0.6) is 0 Å². The Morgan fingerprint density at radius 2 is 1.53 bits per heavy atom. The molecule has 0 aromatic carbocycles. The molecule has 2 rings (SSSR count). The van der Waals surface area contributed by atoms with Gasteiger partial charge in [0.25, 0.3) is 0 Å². The van der Waals surface area contributed by atoms with Gasteiger partial charge < -0.3 is 14.9 Å². The zero-order valence-corrected chi connectivity index (χ0v) is 9.37. The van der Waals surface area contributed by atoms with E-state index in [1.807, 2.05) is 0 Å². The van der Waals surface area contributed by atoms with Crippen molar-refractivity contribution >= 4 is 0 Å². The first-order valence-corrected chi connectivity index (χ1v) is 6.13. The standard InChI is InChI=1S/C12H22O3/c13-10-11(4-2-1-3-5-11)12(14)6-8-15-9-7-12/h13-14H,1-10H2. The van der Waals surface area contributed by atoms with Crippen molar-refractivity contribution in [3.63, 3.8) is 0 Å². The minimum absolute atomic E-state index is 0.128. The Morgan fingerprint density at radius 1 is 0.933 bits per heavy atom. The van der Waals surface area contributed by atoms with Gasteiger partial charge >= 0.3 is 0 Å². The Morgan fingerprint density at radius 3 is 2.07 bits per heavy atom. The summed E-state index contributed by atoms with van der Waals surface area (Å²) in [6, 6.07) is 0. The van der Waals surface area contributed by atoms with E-state index in [9.17, 15) is 10.2 Å². The van der Waals surface area contributed by atoms with Crippen molar-refractivity contribution < 1.29 is 14.9 Å². The van der Waals surface area contributed by atoms with E-state index in [2.05, 4.69) is 0 Å². The highest BCUT2D eigenvalue weighted by molar-refractivity contribution is 5.01. The third kappa shape index (κ3) is 1.93. The van der Waals surface area contributed by atoms with Crippen LogP contribution in [0.3, 0.4) is 0 Å². The molecule has 1 heterocycles. The molecule has 0 amide bonds. The zero-order chi connectivity index (χ0) is 10.8. The monoisotopic (exact) mass is 214 g/mol. The van der Waals surface area contributed by atoms with Gasteiger partial charge in [-0.3, -0.25) is 0 Å². The van der Waals surface area contributed by atoms with Crippen LogP contribution >= 0.6 is 0 Å². The molecule has 1 saturated carbocycles. The molecule has 0 spiro atoms. The molecule has 2 fully saturated rings. The molecule has 1 saturated heterocycles. The zero-order valence-electron chi connectivity index (χ0n) is 9.37. The highest BCUT2D eigenvalue weighted by Crippen LogP contribution is 2.48. The van der Waals surface area contributed by atoms with Crippen LogP contribution in [-0.2, 0) is 4.74 Å². The maximum atomic E-state index is 10.7. The Balaban J connectivity index is 2.15. The fourth-order valence-corrected chi connectivity index (χ4v) is 3.24. The molecule has 0 radical (unpaired) electrons. The Hall–Kier alpha value is -0.120. The lowest BCUT2D eigenvalue weighted by Gasteiger charge is -2.50. The van der Waals surface area contributed by atoms with Gasteiger partial charge in [0, 0.05) is 31.5 Å². The number of ether oxygens (including phenoxy) is 1. The maximum Gasteiger partial charge on any atom is 0.0769 e. The van der Waals surface area contributed by atoms with E-state index in [4.69, 9.17) is 4.74 Å². The van der Waals surface area contributed by atoms with Gasteiger partial charge in [-0.05, 0) is 12.8 Å². The van der Waals surface area contributed by atoms with Crippen LogP contribution in [0.4, 0.5) is 0 Å². The quantitative estimate of drug-likeness (QED) is 0.732. The SMILES string of the molecule is OCC1(C2(O)CCOCC2)CCCCC1. The lowest BCUT2D eigenvalue weighted by Crippen LogP contribution is -2.54. The van der Waals surface area contributed by atoms with Gasteiger partial charge in [0.15, 0.2) is 0 Å². The summed E-state index contributed by atoms with van der Waals surface area (Å²) in [6.07, 6.45) is 6.85. The van der Waals surface area contributed by atoms with E-state index in [1.165, 1.54) is 6.42 Å². The summed E-state index contributed by atoms with van der Waals surface area (Å²) in [6.45, 7) is 1.40.